The van der Waals surface area contributed by atoms with Gasteiger partial charge in [-0.15, -0.1) is 0 Å². The number of rotatable bonds is 4. The molecule has 10 heteroatoms. The summed E-state index contributed by atoms with van der Waals surface area (Å²) in [6.45, 7) is 1.60. The summed E-state index contributed by atoms with van der Waals surface area (Å²) in [5.74, 6) is -2.76. The predicted molar refractivity (Wildman–Crippen MR) is 101 cm³/mol. The second-order valence-electron chi connectivity index (χ2n) is 7.36. The van der Waals surface area contributed by atoms with Crippen LogP contribution in [0.5, 0.6) is 0 Å². The number of nitrogens with two attached hydrogens (primary N) is 1. The Bertz CT molecular complexity index is 1050. The molecule has 0 aromatic heterocycles. The van der Waals surface area contributed by atoms with Gasteiger partial charge in [0.15, 0.2) is 0 Å². The third kappa shape index (κ3) is 4.65. The average Bonchev–Trinajstić information content (AvgIpc) is 2.66. The number of amides is 1. The maximum Gasteiger partial charge on any atom is 0.471 e. The van der Waals surface area contributed by atoms with Crippen molar-refractivity contribution in [3.8, 4) is 0 Å². The first-order chi connectivity index (χ1) is 13.9. The molecule has 30 heavy (non-hydrogen) atoms. The number of primary sulfonamides is 1. The van der Waals surface area contributed by atoms with Crippen LogP contribution < -0.4 is 5.14 Å². The van der Waals surface area contributed by atoms with Crippen LogP contribution in [0.3, 0.4) is 0 Å². The maximum absolute atomic E-state index is 13.2. The van der Waals surface area contributed by atoms with Crippen LogP contribution in [0.2, 0.25) is 0 Å². The molecule has 3 rings (SSSR count). The zero-order chi connectivity index (χ0) is 22.3. The molecule has 0 saturated heterocycles. The van der Waals surface area contributed by atoms with Crippen molar-refractivity contribution >= 4 is 15.9 Å². The molecule has 1 heterocycles. The van der Waals surface area contributed by atoms with Crippen LogP contribution in [-0.4, -0.2) is 31.9 Å². The van der Waals surface area contributed by atoms with Crippen LogP contribution in [-0.2, 0) is 21.2 Å². The van der Waals surface area contributed by atoms with Crippen molar-refractivity contribution in [2.75, 3.05) is 6.54 Å². The largest absolute Gasteiger partial charge is 0.471 e. The molecule has 0 bridgehead atoms. The van der Waals surface area contributed by atoms with Gasteiger partial charge in [-0.2, -0.15) is 13.2 Å². The minimum absolute atomic E-state index is 0.0918. The van der Waals surface area contributed by atoms with Gasteiger partial charge in [-0.25, -0.2) is 17.9 Å². The Balaban J connectivity index is 2.05. The molecule has 1 aliphatic rings. The van der Waals surface area contributed by atoms with Crippen LogP contribution in [0, 0.1) is 5.82 Å². The minimum atomic E-state index is -5.06. The molecule has 2 unspecified atom stereocenters. The van der Waals surface area contributed by atoms with E-state index < -0.39 is 34.0 Å². The highest BCUT2D eigenvalue weighted by molar-refractivity contribution is 7.89. The number of hydrogen-bond acceptors (Lipinski definition) is 3. The van der Waals surface area contributed by atoms with E-state index >= 15 is 0 Å². The Morgan fingerprint density at radius 1 is 1.20 bits per heavy atom. The first-order valence-electron chi connectivity index (χ1n) is 9.17. The zero-order valence-corrected chi connectivity index (χ0v) is 16.8. The number of carbonyl (C=O) groups is 1. The van der Waals surface area contributed by atoms with Crippen LogP contribution in [0.25, 0.3) is 0 Å². The van der Waals surface area contributed by atoms with E-state index in [1.807, 2.05) is 0 Å². The van der Waals surface area contributed by atoms with Crippen molar-refractivity contribution in [3.63, 3.8) is 0 Å². The number of hydrogen-bond donors (Lipinski definition) is 1. The van der Waals surface area contributed by atoms with Gasteiger partial charge < -0.3 is 4.90 Å². The van der Waals surface area contributed by atoms with Gasteiger partial charge >= 0.3 is 12.1 Å². The Kier molecular flexibility index (Phi) is 5.92. The minimum Gasteiger partial charge on any atom is -0.327 e. The lowest BCUT2D eigenvalue weighted by atomic mass is 9.85. The first kappa shape index (κ1) is 22.2. The molecule has 2 aromatic carbocycles. The third-order valence-electron chi connectivity index (χ3n) is 5.32. The number of carbonyl (C=O) groups excluding carboxylic acids is 1. The van der Waals surface area contributed by atoms with E-state index in [0.29, 0.717) is 16.7 Å². The normalized spacial score (nSPS) is 18.1. The molecule has 2 N–H and O–H groups in total. The van der Waals surface area contributed by atoms with E-state index in [4.69, 9.17) is 5.14 Å². The lowest BCUT2D eigenvalue weighted by Crippen LogP contribution is -2.47. The number of nitrogens with zero attached hydrogens (tertiary/aromatic N) is 1. The van der Waals surface area contributed by atoms with Gasteiger partial charge in [-0.3, -0.25) is 4.79 Å². The molecule has 2 aromatic rings. The van der Waals surface area contributed by atoms with E-state index in [-0.39, 0.29) is 30.2 Å². The van der Waals surface area contributed by atoms with Crippen molar-refractivity contribution in [2.45, 2.75) is 42.8 Å². The standard InChI is InChI=1S/C20H20F4N2O3S/c1-12(13-2-5-15(21)6-3-13)10-18-17-11-16(30(25,28)29)7-4-14(17)8-9-26(18)19(27)20(22,23)24/h2-7,11-12,18H,8-10H2,1H3,(H2,25,28,29). The van der Waals surface area contributed by atoms with E-state index in [2.05, 4.69) is 0 Å². The van der Waals surface area contributed by atoms with Gasteiger partial charge in [0.25, 0.3) is 0 Å². The fraction of sp³-hybridized carbons (Fsp3) is 0.350. The smallest absolute Gasteiger partial charge is 0.327 e. The second kappa shape index (κ2) is 7.99. The Morgan fingerprint density at radius 2 is 1.83 bits per heavy atom. The molecule has 162 valence electrons. The van der Waals surface area contributed by atoms with Gasteiger partial charge in [-0.1, -0.05) is 25.1 Å². The van der Waals surface area contributed by atoms with Crippen LogP contribution in [0.15, 0.2) is 47.4 Å². The zero-order valence-electron chi connectivity index (χ0n) is 16.0. The number of sulfonamides is 1. The van der Waals surface area contributed by atoms with Crippen molar-refractivity contribution in [1.82, 2.24) is 4.90 Å². The van der Waals surface area contributed by atoms with Gasteiger partial charge in [0.2, 0.25) is 10.0 Å². The lowest BCUT2D eigenvalue weighted by Gasteiger charge is -2.39. The highest BCUT2D eigenvalue weighted by Gasteiger charge is 2.46. The molecule has 0 aliphatic carbocycles. The third-order valence-corrected chi connectivity index (χ3v) is 6.23. The molecule has 0 fully saturated rings. The number of benzene rings is 2. The lowest BCUT2D eigenvalue weighted by molar-refractivity contribution is -0.188. The van der Waals surface area contributed by atoms with Gasteiger partial charge in [0.05, 0.1) is 10.9 Å². The van der Waals surface area contributed by atoms with Gasteiger partial charge in [0.1, 0.15) is 5.82 Å². The molecule has 1 amide bonds. The average molecular weight is 444 g/mol. The van der Waals surface area contributed by atoms with Gasteiger partial charge in [0, 0.05) is 6.54 Å². The number of halogens is 4. The second-order valence-corrected chi connectivity index (χ2v) is 8.92. The number of alkyl halides is 3. The summed E-state index contributed by atoms with van der Waals surface area (Å²) in [4.78, 5) is 12.6. The fourth-order valence-electron chi connectivity index (χ4n) is 3.77. The summed E-state index contributed by atoms with van der Waals surface area (Å²) in [6, 6.07) is 8.60. The summed E-state index contributed by atoms with van der Waals surface area (Å²) in [5, 5.41) is 5.18. The quantitative estimate of drug-likeness (QED) is 0.731. The molecule has 0 spiro atoms. The Morgan fingerprint density at radius 3 is 2.40 bits per heavy atom. The van der Waals surface area contributed by atoms with Crippen LogP contribution in [0.1, 0.15) is 42.0 Å². The molecule has 0 radical (unpaired) electrons. The monoisotopic (exact) mass is 444 g/mol. The van der Waals surface area contributed by atoms with Crippen LogP contribution in [0.4, 0.5) is 17.6 Å². The predicted octanol–water partition coefficient (Wildman–Crippen LogP) is 3.66. The van der Waals surface area contributed by atoms with Crippen molar-refractivity contribution in [2.24, 2.45) is 5.14 Å². The van der Waals surface area contributed by atoms with Crippen molar-refractivity contribution in [3.05, 3.63) is 65.0 Å². The highest BCUT2D eigenvalue weighted by atomic mass is 32.2. The highest BCUT2D eigenvalue weighted by Crippen LogP contribution is 2.40. The summed E-state index contributed by atoms with van der Waals surface area (Å²) in [5.41, 5.74) is 1.66. The molecule has 5 nitrogen and oxygen atoms in total. The van der Waals surface area contributed by atoms with E-state index in [1.165, 1.54) is 42.5 Å². The maximum atomic E-state index is 13.2. The first-order valence-corrected chi connectivity index (χ1v) is 10.7. The summed E-state index contributed by atoms with van der Waals surface area (Å²) in [7, 11) is -4.08. The van der Waals surface area contributed by atoms with E-state index in [9.17, 15) is 30.8 Å². The Labute approximate surface area is 171 Å². The van der Waals surface area contributed by atoms with Crippen molar-refractivity contribution < 1.29 is 30.8 Å². The molecule has 1 aliphatic heterocycles. The SMILES string of the molecule is CC(CC1c2cc(S(N)(=O)=O)ccc2CCN1C(=O)C(F)(F)F)c1ccc(F)cc1. The molecular weight excluding hydrogens is 424 g/mol. The number of fused-ring (bicyclic) bond motifs is 1. The summed E-state index contributed by atoms with van der Waals surface area (Å²) in [6.07, 6.45) is -4.82. The van der Waals surface area contributed by atoms with Crippen LogP contribution >= 0.6 is 0 Å². The topological polar surface area (TPSA) is 80.5 Å². The summed E-state index contributed by atoms with van der Waals surface area (Å²) < 4.78 is 76.4. The van der Waals surface area contributed by atoms with Gasteiger partial charge in [-0.05, 0) is 59.7 Å². The molecule has 0 saturated carbocycles. The van der Waals surface area contributed by atoms with E-state index in [1.54, 1.807) is 6.92 Å². The Hall–Kier alpha value is -2.46. The summed E-state index contributed by atoms with van der Waals surface area (Å²) >= 11 is 0. The van der Waals surface area contributed by atoms with E-state index in [0.717, 1.165) is 4.90 Å². The molecular formula is C20H20F4N2O3S. The molecule has 2 atom stereocenters. The fourth-order valence-corrected chi connectivity index (χ4v) is 4.32. The van der Waals surface area contributed by atoms with Crippen molar-refractivity contribution in [1.29, 1.82) is 0 Å².